The highest BCUT2D eigenvalue weighted by Crippen LogP contribution is 2.18. The first-order chi connectivity index (χ1) is 9.00. The molecule has 5 nitrogen and oxygen atoms in total. The van der Waals surface area contributed by atoms with E-state index in [9.17, 15) is 14.0 Å². The predicted octanol–water partition coefficient (Wildman–Crippen LogP) is 0.712. The van der Waals surface area contributed by atoms with Crippen molar-refractivity contribution < 1.29 is 14.0 Å². The Morgan fingerprint density at radius 1 is 1.16 bits per heavy atom. The third-order valence-electron chi connectivity index (χ3n) is 3.30. The van der Waals surface area contributed by atoms with Gasteiger partial charge in [-0.1, -0.05) is 6.07 Å². The molecule has 0 aliphatic carbocycles. The maximum Gasteiger partial charge on any atom is 0.256 e. The molecule has 0 spiro atoms. The molecule has 0 aromatic heterocycles. The number of nitrogens with zero attached hydrogens (tertiary/aromatic N) is 2. The lowest BCUT2D eigenvalue weighted by Crippen LogP contribution is -2.50. The highest BCUT2D eigenvalue weighted by Gasteiger charge is 2.24. The smallest absolute Gasteiger partial charge is 0.256 e. The summed E-state index contributed by atoms with van der Waals surface area (Å²) >= 11 is 0. The summed E-state index contributed by atoms with van der Waals surface area (Å²) in [6, 6.07) is 4.20. The van der Waals surface area contributed by atoms with Crippen molar-refractivity contribution >= 4 is 17.5 Å². The van der Waals surface area contributed by atoms with Crippen molar-refractivity contribution in [2.45, 2.75) is 6.92 Å². The lowest BCUT2D eigenvalue weighted by Gasteiger charge is -2.34. The van der Waals surface area contributed by atoms with Gasteiger partial charge in [0.25, 0.3) is 5.91 Å². The molecule has 6 heteroatoms. The molecule has 0 saturated carbocycles. The second-order valence-corrected chi connectivity index (χ2v) is 4.50. The van der Waals surface area contributed by atoms with E-state index in [0.29, 0.717) is 26.2 Å². The Morgan fingerprint density at radius 2 is 1.74 bits per heavy atom. The molecule has 19 heavy (non-hydrogen) atoms. The molecule has 1 fully saturated rings. The van der Waals surface area contributed by atoms with Crippen molar-refractivity contribution in [3.05, 3.63) is 29.6 Å². The highest BCUT2D eigenvalue weighted by molar-refractivity contribution is 5.99. The Labute approximate surface area is 110 Å². The summed E-state index contributed by atoms with van der Waals surface area (Å²) < 4.78 is 13.3. The van der Waals surface area contributed by atoms with Crippen molar-refractivity contribution in [1.29, 1.82) is 0 Å². The van der Waals surface area contributed by atoms with Crippen LogP contribution in [0.4, 0.5) is 10.1 Å². The van der Waals surface area contributed by atoms with Crippen LogP contribution >= 0.6 is 0 Å². The lowest BCUT2D eigenvalue weighted by molar-refractivity contribution is -0.130. The predicted molar refractivity (Wildman–Crippen MR) is 69.0 cm³/mol. The molecule has 1 aliphatic rings. The molecular weight excluding hydrogens is 249 g/mol. The topological polar surface area (TPSA) is 66.6 Å². The number of hydrogen-bond acceptors (Lipinski definition) is 3. The van der Waals surface area contributed by atoms with Crippen molar-refractivity contribution in [3.8, 4) is 0 Å². The Kier molecular flexibility index (Phi) is 3.69. The van der Waals surface area contributed by atoms with Crippen molar-refractivity contribution in [3.63, 3.8) is 0 Å². The molecule has 0 radical (unpaired) electrons. The molecule has 0 atom stereocenters. The largest absolute Gasteiger partial charge is 0.396 e. The quantitative estimate of drug-likeness (QED) is 0.761. The normalized spacial score (nSPS) is 15.5. The minimum absolute atomic E-state index is 0.00244. The summed E-state index contributed by atoms with van der Waals surface area (Å²) in [6.07, 6.45) is 0. The first-order valence-electron chi connectivity index (χ1n) is 6.09. The molecule has 1 heterocycles. The van der Waals surface area contributed by atoms with E-state index in [2.05, 4.69) is 0 Å². The van der Waals surface area contributed by atoms with E-state index >= 15 is 0 Å². The van der Waals surface area contributed by atoms with E-state index in [1.165, 1.54) is 25.1 Å². The van der Waals surface area contributed by atoms with Gasteiger partial charge < -0.3 is 15.5 Å². The average Bonchev–Trinajstić information content (AvgIpc) is 2.41. The van der Waals surface area contributed by atoms with Crippen molar-refractivity contribution in [1.82, 2.24) is 9.80 Å². The van der Waals surface area contributed by atoms with Gasteiger partial charge in [-0.3, -0.25) is 9.59 Å². The minimum atomic E-state index is -0.590. The number of carbonyl (C=O) groups is 2. The number of amides is 2. The zero-order chi connectivity index (χ0) is 14.0. The molecular formula is C13H16FN3O2. The second-order valence-electron chi connectivity index (χ2n) is 4.50. The van der Waals surface area contributed by atoms with E-state index in [1.54, 1.807) is 9.80 Å². The van der Waals surface area contributed by atoms with Crippen LogP contribution in [0.5, 0.6) is 0 Å². The number of hydrogen-bond donors (Lipinski definition) is 1. The van der Waals surface area contributed by atoms with Gasteiger partial charge in [0, 0.05) is 33.1 Å². The van der Waals surface area contributed by atoms with Gasteiger partial charge in [0.2, 0.25) is 5.91 Å². The van der Waals surface area contributed by atoms with Crippen LogP contribution in [0.3, 0.4) is 0 Å². The van der Waals surface area contributed by atoms with E-state index in [1.807, 2.05) is 0 Å². The summed E-state index contributed by atoms with van der Waals surface area (Å²) in [7, 11) is 0. The third kappa shape index (κ3) is 2.67. The van der Waals surface area contributed by atoms with Gasteiger partial charge in [0.15, 0.2) is 0 Å². The molecule has 1 aromatic carbocycles. The molecule has 1 aliphatic heterocycles. The Hall–Kier alpha value is -2.11. The van der Waals surface area contributed by atoms with Gasteiger partial charge in [-0.05, 0) is 12.1 Å². The summed E-state index contributed by atoms with van der Waals surface area (Å²) in [6.45, 7) is 3.37. The number of para-hydroxylation sites is 1. The first kappa shape index (κ1) is 13.3. The number of piperazine rings is 1. The third-order valence-corrected chi connectivity index (χ3v) is 3.30. The number of benzene rings is 1. The number of rotatable bonds is 1. The molecule has 2 rings (SSSR count). The Morgan fingerprint density at radius 3 is 2.32 bits per heavy atom. The zero-order valence-electron chi connectivity index (χ0n) is 10.7. The number of halogens is 1. The summed E-state index contributed by atoms with van der Waals surface area (Å²) in [5.74, 6) is -0.884. The summed E-state index contributed by atoms with van der Waals surface area (Å²) in [5.41, 5.74) is 5.63. The van der Waals surface area contributed by atoms with Crippen LogP contribution in [0.15, 0.2) is 18.2 Å². The molecule has 2 N–H and O–H groups in total. The fraction of sp³-hybridized carbons (Fsp3) is 0.385. The van der Waals surface area contributed by atoms with Crippen LogP contribution < -0.4 is 5.73 Å². The molecule has 1 aromatic rings. The maximum absolute atomic E-state index is 13.3. The van der Waals surface area contributed by atoms with Crippen LogP contribution in [0, 0.1) is 5.82 Å². The van der Waals surface area contributed by atoms with Gasteiger partial charge in [0.05, 0.1) is 11.3 Å². The second kappa shape index (κ2) is 5.26. The molecule has 0 bridgehead atoms. The standard InChI is InChI=1S/C13H16FN3O2/c1-9(18)16-5-7-17(8-6-16)13(19)10-3-2-4-11(14)12(10)15/h2-4H,5-8,15H2,1H3. The fourth-order valence-corrected chi connectivity index (χ4v) is 2.12. The molecule has 0 unspecified atom stereocenters. The number of anilines is 1. The highest BCUT2D eigenvalue weighted by atomic mass is 19.1. The monoisotopic (exact) mass is 265 g/mol. The fourth-order valence-electron chi connectivity index (χ4n) is 2.12. The van der Waals surface area contributed by atoms with Gasteiger partial charge >= 0.3 is 0 Å². The first-order valence-corrected chi connectivity index (χ1v) is 6.09. The van der Waals surface area contributed by atoms with Crippen LogP contribution in [-0.2, 0) is 4.79 Å². The minimum Gasteiger partial charge on any atom is -0.396 e. The van der Waals surface area contributed by atoms with Crippen LogP contribution in [-0.4, -0.2) is 47.8 Å². The van der Waals surface area contributed by atoms with E-state index in [-0.39, 0.29) is 23.1 Å². The van der Waals surface area contributed by atoms with E-state index in [4.69, 9.17) is 5.73 Å². The lowest BCUT2D eigenvalue weighted by atomic mass is 10.1. The van der Waals surface area contributed by atoms with Gasteiger partial charge in [-0.15, -0.1) is 0 Å². The maximum atomic E-state index is 13.3. The SMILES string of the molecule is CC(=O)N1CCN(C(=O)c2cccc(F)c2N)CC1. The number of carbonyl (C=O) groups excluding carboxylic acids is 2. The summed E-state index contributed by atoms with van der Waals surface area (Å²) in [4.78, 5) is 26.7. The molecule has 2 amide bonds. The zero-order valence-corrected chi connectivity index (χ0v) is 10.7. The summed E-state index contributed by atoms with van der Waals surface area (Å²) in [5, 5.41) is 0. The van der Waals surface area contributed by atoms with Gasteiger partial charge in [-0.2, -0.15) is 0 Å². The van der Waals surface area contributed by atoms with Gasteiger partial charge in [-0.25, -0.2) is 4.39 Å². The van der Waals surface area contributed by atoms with Crippen molar-refractivity contribution in [2.75, 3.05) is 31.9 Å². The van der Waals surface area contributed by atoms with E-state index < -0.39 is 5.82 Å². The van der Waals surface area contributed by atoms with Crippen LogP contribution in [0.1, 0.15) is 17.3 Å². The van der Waals surface area contributed by atoms with Gasteiger partial charge in [0.1, 0.15) is 5.82 Å². The van der Waals surface area contributed by atoms with Crippen LogP contribution in [0.2, 0.25) is 0 Å². The van der Waals surface area contributed by atoms with Crippen molar-refractivity contribution in [2.24, 2.45) is 0 Å². The number of nitrogen functional groups attached to an aromatic ring is 1. The Bertz CT molecular complexity index is 511. The van der Waals surface area contributed by atoms with Crippen LogP contribution in [0.25, 0.3) is 0 Å². The average molecular weight is 265 g/mol. The Balaban J connectivity index is 2.09. The number of nitrogens with two attached hydrogens (primary N) is 1. The van der Waals surface area contributed by atoms with E-state index in [0.717, 1.165) is 0 Å². The molecule has 1 saturated heterocycles. The molecule has 102 valence electrons.